The number of unbranched alkanes of at least 4 members (excludes halogenated alkanes) is 6. The molecule has 6 unspecified atom stereocenters. The Morgan fingerprint density at radius 2 is 1.02 bits per heavy atom. The van der Waals surface area contributed by atoms with Crippen LogP contribution in [-0.2, 0) is 33.6 Å². The van der Waals surface area contributed by atoms with Gasteiger partial charge in [-0.25, -0.2) is 14.4 Å². The number of rotatable bonds is 26. The number of nitrogens with two attached hydrogens (primary N) is 1. The van der Waals surface area contributed by atoms with Crippen LogP contribution in [0.25, 0.3) is 0 Å². The number of carbonyl (C=O) groups is 8. The maximum atomic E-state index is 11.9. The fraction of sp³-hybridized carbons (Fsp3) is 0.800. The second-order valence-corrected chi connectivity index (χ2v) is 19.1. The predicted molar refractivity (Wildman–Crippen MR) is 248 cm³/mol. The second-order valence-electron chi connectivity index (χ2n) is 15.7. The molecule has 62 heavy (non-hydrogen) atoms. The number of imide groups is 1. The van der Waals surface area contributed by atoms with Gasteiger partial charge in [0.1, 0.15) is 0 Å². The molecule has 0 aromatic carbocycles. The van der Waals surface area contributed by atoms with Crippen LogP contribution in [0.2, 0.25) is 0 Å². The van der Waals surface area contributed by atoms with Gasteiger partial charge in [0.15, 0.2) is 0 Å². The predicted octanol–water partition coefficient (Wildman–Crippen LogP) is 2.31. The highest BCUT2D eigenvalue weighted by Crippen LogP contribution is 2.34. The largest absolute Gasteiger partial charge is 0.356 e. The Bertz CT molecular complexity index is 1450. The SMILES string of the molecule is NCCS.O=C(CCCCC1SCC2NC(=O)NC21)NCCCCCC(=O)ON1C(=O)CCC1=O.O=C(CCCCCNC(=O)CCCCC1SCC2NC(=O)NC21)NCCS. The van der Waals surface area contributed by atoms with Gasteiger partial charge in [0, 0.05) is 98.2 Å². The zero-order valence-corrected chi connectivity index (χ0v) is 39.2. The molecule has 0 radical (unpaired) electrons. The highest BCUT2D eigenvalue weighted by molar-refractivity contribution is 8.00. The van der Waals surface area contributed by atoms with Crippen LogP contribution >= 0.6 is 48.8 Å². The summed E-state index contributed by atoms with van der Waals surface area (Å²) in [6.45, 7) is 2.53. The number of carbonyl (C=O) groups excluding carboxylic acids is 8. The maximum Gasteiger partial charge on any atom is 0.333 e. The van der Waals surface area contributed by atoms with Gasteiger partial charge in [0.05, 0.1) is 24.2 Å². The molecular weight excluding hydrogens is 879 g/mol. The average Bonchev–Trinajstić information content (AvgIpc) is 4.07. The fourth-order valence-electron chi connectivity index (χ4n) is 7.43. The maximum absolute atomic E-state index is 11.9. The Morgan fingerprint density at radius 3 is 1.45 bits per heavy atom. The highest BCUT2D eigenvalue weighted by Gasteiger charge is 2.43. The van der Waals surface area contributed by atoms with Gasteiger partial charge in [-0.2, -0.15) is 48.8 Å². The minimum atomic E-state index is -0.590. The first kappa shape index (κ1) is 53.3. The number of hydroxylamine groups is 2. The van der Waals surface area contributed by atoms with E-state index in [1.807, 2.05) is 23.5 Å². The Morgan fingerprint density at radius 1 is 0.597 bits per heavy atom. The normalized spacial score (nSPS) is 23.0. The van der Waals surface area contributed by atoms with E-state index in [2.05, 4.69) is 62.5 Å². The minimum absolute atomic E-state index is 0.0262. The summed E-state index contributed by atoms with van der Waals surface area (Å²) in [5.74, 6) is 2.04. The third kappa shape index (κ3) is 20.6. The Labute approximate surface area is 385 Å². The fourth-order valence-corrected chi connectivity index (χ4v) is 10.6. The van der Waals surface area contributed by atoms with E-state index in [0.717, 1.165) is 87.9 Å². The molecule has 0 aliphatic carbocycles. The van der Waals surface area contributed by atoms with Crippen molar-refractivity contribution in [1.82, 2.24) is 42.3 Å². The third-order valence-corrected chi connectivity index (χ3v) is 14.2. The molecule has 0 spiro atoms. The lowest BCUT2D eigenvalue weighted by Gasteiger charge is -2.16. The molecule has 5 fully saturated rings. The van der Waals surface area contributed by atoms with E-state index in [-0.39, 0.29) is 73.2 Å². The van der Waals surface area contributed by atoms with Crippen LogP contribution in [0.3, 0.4) is 0 Å². The summed E-state index contributed by atoms with van der Waals surface area (Å²) in [5.41, 5.74) is 4.95. The molecule has 5 aliphatic heterocycles. The highest BCUT2D eigenvalue weighted by atomic mass is 32.2. The molecule has 0 bridgehead atoms. The van der Waals surface area contributed by atoms with Gasteiger partial charge in [0.25, 0.3) is 11.8 Å². The lowest BCUT2D eigenvalue weighted by molar-refractivity contribution is -0.197. The number of urea groups is 2. The number of hydrogen-bond acceptors (Lipinski definition) is 14. The first-order chi connectivity index (χ1) is 29.9. The number of nitrogens with one attached hydrogen (secondary N) is 7. The third-order valence-electron chi connectivity index (χ3n) is 10.7. The lowest BCUT2D eigenvalue weighted by Crippen LogP contribution is -2.36. The van der Waals surface area contributed by atoms with Crippen LogP contribution in [0.4, 0.5) is 9.59 Å². The molecule has 5 aliphatic rings. The molecule has 5 saturated heterocycles. The van der Waals surface area contributed by atoms with Crippen molar-refractivity contribution in [3.05, 3.63) is 0 Å². The van der Waals surface area contributed by atoms with Crippen molar-refractivity contribution < 1.29 is 43.2 Å². The Hall–Kier alpha value is -3.08. The van der Waals surface area contributed by atoms with Gasteiger partial charge in [-0.05, 0) is 51.4 Å². The second kappa shape index (κ2) is 30.9. The lowest BCUT2D eigenvalue weighted by atomic mass is 10.0. The number of thioether (sulfide) groups is 2. The van der Waals surface area contributed by atoms with Crippen LogP contribution in [0.15, 0.2) is 0 Å². The van der Waals surface area contributed by atoms with Gasteiger partial charge in [-0.3, -0.25) is 24.0 Å². The first-order valence-electron chi connectivity index (χ1n) is 22.1. The van der Waals surface area contributed by atoms with Crippen molar-refractivity contribution in [3.63, 3.8) is 0 Å². The summed E-state index contributed by atoms with van der Waals surface area (Å²) in [4.78, 5) is 97.2. The molecule has 22 heteroatoms. The van der Waals surface area contributed by atoms with Crippen molar-refractivity contribution >= 4 is 96.3 Å². The van der Waals surface area contributed by atoms with Crippen molar-refractivity contribution in [3.8, 4) is 0 Å². The molecule has 9 N–H and O–H groups in total. The topological polar surface area (TPSA) is 259 Å². The molecule has 6 atom stereocenters. The first-order valence-corrected chi connectivity index (χ1v) is 25.5. The van der Waals surface area contributed by atoms with E-state index >= 15 is 0 Å². The van der Waals surface area contributed by atoms with Gasteiger partial charge in [-0.15, -0.1) is 5.06 Å². The van der Waals surface area contributed by atoms with Gasteiger partial charge >= 0.3 is 18.0 Å². The average molecular weight is 948 g/mol. The molecule has 18 nitrogen and oxygen atoms in total. The zero-order chi connectivity index (χ0) is 45.1. The van der Waals surface area contributed by atoms with Crippen LogP contribution in [0, 0.1) is 0 Å². The van der Waals surface area contributed by atoms with Crippen molar-refractivity contribution in [2.24, 2.45) is 5.73 Å². The Kier molecular flexibility index (Phi) is 26.6. The molecule has 0 saturated carbocycles. The van der Waals surface area contributed by atoms with E-state index in [1.54, 1.807) is 0 Å². The van der Waals surface area contributed by atoms with E-state index in [4.69, 9.17) is 10.6 Å². The van der Waals surface area contributed by atoms with Gasteiger partial charge < -0.3 is 47.8 Å². The molecular formula is C40H69N9O9S4. The summed E-state index contributed by atoms with van der Waals surface area (Å²) in [6, 6.07) is 0.834. The van der Waals surface area contributed by atoms with Crippen LogP contribution in [0.5, 0.6) is 0 Å². The molecule has 0 aromatic heterocycles. The molecule has 352 valence electrons. The van der Waals surface area contributed by atoms with Crippen molar-refractivity contribution in [1.29, 1.82) is 0 Å². The summed E-state index contributed by atoms with van der Waals surface area (Å²) in [7, 11) is 0. The number of hydrogen-bond donors (Lipinski definition) is 10. The van der Waals surface area contributed by atoms with Crippen LogP contribution < -0.4 is 43.0 Å². The monoisotopic (exact) mass is 947 g/mol. The summed E-state index contributed by atoms with van der Waals surface area (Å²) < 4.78 is 0. The van der Waals surface area contributed by atoms with Gasteiger partial charge in [0.2, 0.25) is 17.7 Å². The van der Waals surface area contributed by atoms with E-state index in [9.17, 15) is 38.4 Å². The van der Waals surface area contributed by atoms with E-state index in [1.165, 1.54) is 0 Å². The zero-order valence-electron chi connectivity index (χ0n) is 35.8. The van der Waals surface area contributed by atoms with E-state index in [0.29, 0.717) is 73.2 Å². The quantitative estimate of drug-likeness (QED) is 0.0260. The minimum Gasteiger partial charge on any atom is -0.356 e. The van der Waals surface area contributed by atoms with Crippen molar-refractivity contribution in [2.75, 3.05) is 49.2 Å². The standard InChI is InChI=1S/C20H30N4O6S.C18H32N4O3S2.C2H7NS/c25-15(7-4-3-6-14-19-13(12-31-14)22-20(29)23-19)21-11-5-1-2-8-18(28)30-24-16(26)9-10-17(24)27;23-15(19-9-5-1-2-7-16(24)20-10-11-26)8-4-3-6-14-17-13(12-27-14)21-18(25)22-17;3-1-2-4/h13-14,19H,1-12H2,(H,21,25)(H2,22,23,29);13-14,17,26H,1-12H2,(H,19,23)(H,20,24)(H2,21,22,25);4H,1-3H2. The summed E-state index contributed by atoms with van der Waals surface area (Å²) >= 11 is 11.6. The molecule has 5 heterocycles. The summed E-state index contributed by atoms with van der Waals surface area (Å²) in [5, 5.41) is 21.9. The number of fused-ring (bicyclic) bond motifs is 2. The number of nitrogens with zero attached hydrogens (tertiary/aromatic N) is 1. The number of thiol groups is 2. The smallest absolute Gasteiger partial charge is 0.333 e. The number of amides is 9. The van der Waals surface area contributed by atoms with Crippen LogP contribution in [-0.4, -0.2) is 136 Å². The van der Waals surface area contributed by atoms with Crippen LogP contribution in [0.1, 0.15) is 116 Å². The van der Waals surface area contributed by atoms with E-state index < -0.39 is 17.8 Å². The molecule has 5 rings (SSSR count). The van der Waals surface area contributed by atoms with Gasteiger partial charge in [-0.1, -0.05) is 25.7 Å². The molecule has 0 aromatic rings. The summed E-state index contributed by atoms with van der Waals surface area (Å²) in [6.07, 6.45) is 12.3. The Balaban J connectivity index is 0.000000307. The van der Waals surface area contributed by atoms with Crippen molar-refractivity contribution in [2.45, 2.75) is 150 Å². The molecule has 9 amide bonds.